The fraction of sp³-hybridized carbons (Fsp3) is 0.167. The van der Waals surface area contributed by atoms with Gasteiger partial charge < -0.3 is 10.1 Å². The molecule has 0 aliphatic carbocycles. The molecule has 2 heterocycles. The lowest BCUT2D eigenvalue weighted by Crippen LogP contribution is -2.14. The fourth-order valence-electron chi connectivity index (χ4n) is 2.57. The van der Waals surface area contributed by atoms with E-state index >= 15 is 0 Å². The monoisotopic (exact) mass is 340 g/mol. The average Bonchev–Trinajstić information content (AvgIpc) is 2.93. The van der Waals surface area contributed by atoms with E-state index in [-0.39, 0.29) is 5.91 Å². The van der Waals surface area contributed by atoms with Gasteiger partial charge in [-0.25, -0.2) is 9.78 Å². The predicted octanol–water partition coefficient (Wildman–Crippen LogP) is 3.95. The lowest BCUT2D eigenvalue weighted by atomic mass is 10.1. The van der Waals surface area contributed by atoms with Crippen LogP contribution in [-0.2, 0) is 4.74 Å². The first-order valence-corrected chi connectivity index (χ1v) is 8.18. The van der Waals surface area contributed by atoms with E-state index in [0.717, 1.165) is 16.6 Å². The molecule has 0 saturated carbocycles. The number of nitrogens with one attached hydrogen (secondary N) is 1. The summed E-state index contributed by atoms with van der Waals surface area (Å²) >= 11 is 1.22. The number of carbonyl (C=O) groups is 2. The van der Waals surface area contributed by atoms with E-state index in [1.807, 2.05) is 26.0 Å². The molecule has 0 aliphatic rings. The molecule has 0 atom stereocenters. The normalized spacial score (nSPS) is 10.6. The zero-order valence-electron chi connectivity index (χ0n) is 13.5. The van der Waals surface area contributed by atoms with E-state index in [1.54, 1.807) is 24.3 Å². The first-order valence-electron chi connectivity index (χ1n) is 7.36. The third kappa shape index (κ3) is 2.88. The predicted molar refractivity (Wildman–Crippen MR) is 94.8 cm³/mol. The third-order valence-electron chi connectivity index (χ3n) is 3.63. The van der Waals surface area contributed by atoms with Crippen molar-refractivity contribution in [3.8, 4) is 0 Å². The van der Waals surface area contributed by atoms with Crippen molar-refractivity contribution in [2.24, 2.45) is 0 Å². The van der Waals surface area contributed by atoms with E-state index < -0.39 is 5.97 Å². The highest BCUT2D eigenvalue weighted by atomic mass is 32.1. The minimum Gasteiger partial charge on any atom is -0.465 e. The van der Waals surface area contributed by atoms with Crippen LogP contribution in [0.3, 0.4) is 0 Å². The molecule has 0 saturated heterocycles. The number of ether oxygens (including phenoxy) is 1. The molecule has 2 aromatic heterocycles. The number of aryl methyl sites for hydroxylation is 2. The molecule has 3 aromatic rings. The van der Waals surface area contributed by atoms with Crippen molar-refractivity contribution in [2.45, 2.75) is 13.8 Å². The largest absolute Gasteiger partial charge is 0.465 e. The lowest BCUT2D eigenvalue weighted by Gasteiger charge is -2.08. The van der Waals surface area contributed by atoms with E-state index in [4.69, 9.17) is 4.74 Å². The number of rotatable bonds is 3. The Balaban J connectivity index is 2.14. The van der Waals surface area contributed by atoms with Crippen molar-refractivity contribution >= 4 is 39.1 Å². The van der Waals surface area contributed by atoms with Crippen molar-refractivity contribution < 1.29 is 14.3 Å². The molecule has 3 rings (SSSR count). The van der Waals surface area contributed by atoms with Crippen LogP contribution in [0.1, 0.15) is 31.3 Å². The number of carbonyl (C=O) groups excluding carboxylic acids is 2. The fourth-order valence-corrected chi connectivity index (χ4v) is 3.74. The first kappa shape index (κ1) is 16.1. The van der Waals surface area contributed by atoms with Gasteiger partial charge in [0.2, 0.25) is 0 Å². The Kier molecular flexibility index (Phi) is 4.31. The summed E-state index contributed by atoms with van der Waals surface area (Å²) in [6.07, 6.45) is 0. The maximum absolute atomic E-state index is 12.5. The topological polar surface area (TPSA) is 68.3 Å². The molecule has 1 amide bonds. The van der Waals surface area contributed by atoms with Crippen LogP contribution in [0.2, 0.25) is 0 Å². The van der Waals surface area contributed by atoms with Crippen LogP contribution in [0.4, 0.5) is 5.69 Å². The van der Waals surface area contributed by atoms with Gasteiger partial charge in [-0.15, -0.1) is 11.3 Å². The number of anilines is 1. The molecule has 0 fully saturated rings. The van der Waals surface area contributed by atoms with Gasteiger partial charge in [-0.3, -0.25) is 4.79 Å². The second-order valence-corrected chi connectivity index (χ2v) is 6.38. The Bertz CT molecular complexity index is 932. The molecule has 24 heavy (non-hydrogen) atoms. The highest BCUT2D eigenvalue weighted by Gasteiger charge is 2.23. The molecule has 6 heteroatoms. The maximum Gasteiger partial charge on any atom is 0.350 e. The Morgan fingerprint density at radius 3 is 2.54 bits per heavy atom. The Morgan fingerprint density at radius 1 is 1.17 bits per heavy atom. The van der Waals surface area contributed by atoms with E-state index in [0.29, 0.717) is 21.0 Å². The number of nitrogens with zero attached hydrogens (tertiary/aromatic N) is 1. The number of hydrogen-bond acceptors (Lipinski definition) is 5. The zero-order chi connectivity index (χ0) is 17.3. The number of esters is 1. The summed E-state index contributed by atoms with van der Waals surface area (Å²) in [6.45, 7) is 3.83. The molecule has 0 spiro atoms. The number of pyridine rings is 1. The van der Waals surface area contributed by atoms with Gasteiger partial charge in [0.25, 0.3) is 5.91 Å². The van der Waals surface area contributed by atoms with E-state index in [1.165, 1.54) is 18.4 Å². The SMILES string of the molecule is COC(=O)c1sc2nc(C)cc(C)c2c1NC(=O)c1ccccc1. The van der Waals surface area contributed by atoms with Crippen LogP contribution in [0, 0.1) is 13.8 Å². The van der Waals surface area contributed by atoms with Gasteiger partial charge in [-0.05, 0) is 37.6 Å². The minimum absolute atomic E-state index is 0.277. The summed E-state index contributed by atoms with van der Waals surface area (Å²) in [6, 6.07) is 10.8. The van der Waals surface area contributed by atoms with Crippen LogP contribution in [-0.4, -0.2) is 24.0 Å². The summed E-state index contributed by atoms with van der Waals surface area (Å²) in [5, 5.41) is 3.63. The standard InChI is InChI=1S/C18H16N2O3S/c1-10-9-11(2)19-17-13(10)14(15(24-17)18(22)23-3)20-16(21)12-7-5-4-6-8-12/h4-9H,1-3H3,(H,20,21). The highest BCUT2D eigenvalue weighted by Crippen LogP contribution is 2.37. The molecular weight excluding hydrogens is 324 g/mol. The summed E-state index contributed by atoms with van der Waals surface area (Å²) in [5.74, 6) is -0.765. The molecule has 122 valence electrons. The quantitative estimate of drug-likeness (QED) is 0.733. The molecule has 5 nitrogen and oxygen atoms in total. The van der Waals surface area contributed by atoms with Crippen LogP contribution >= 0.6 is 11.3 Å². The summed E-state index contributed by atoms with van der Waals surface area (Å²) in [5.41, 5.74) is 2.79. The minimum atomic E-state index is -0.488. The van der Waals surface area contributed by atoms with Crippen molar-refractivity contribution in [1.82, 2.24) is 4.98 Å². The van der Waals surface area contributed by atoms with Crippen LogP contribution in [0.15, 0.2) is 36.4 Å². The number of thiophene rings is 1. The molecule has 1 N–H and O–H groups in total. The second-order valence-electron chi connectivity index (χ2n) is 5.38. The van der Waals surface area contributed by atoms with Gasteiger partial charge >= 0.3 is 5.97 Å². The van der Waals surface area contributed by atoms with Gasteiger partial charge in [-0.2, -0.15) is 0 Å². The molecule has 0 unspecified atom stereocenters. The second kappa shape index (κ2) is 6.41. The van der Waals surface area contributed by atoms with Gasteiger partial charge in [-0.1, -0.05) is 18.2 Å². The van der Waals surface area contributed by atoms with Crippen molar-refractivity contribution in [3.63, 3.8) is 0 Å². The first-order chi connectivity index (χ1) is 11.5. The smallest absolute Gasteiger partial charge is 0.350 e. The number of aromatic nitrogens is 1. The van der Waals surface area contributed by atoms with Gasteiger partial charge in [0.05, 0.1) is 12.8 Å². The Labute approximate surface area is 143 Å². The number of methoxy groups -OCH3 is 1. The number of amides is 1. The third-order valence-corrected chi connectivity index (χ3v) is 4.70. The van der Waals surface area contributed by atoms with Crippen molar-refractivity contribution in [3.05, 3.63) is 58.1 Å². The number of fused-ring (bicyclic) bond motifs is 1. The van der Waals surface area contributed by atoms with E-state index in [9.17, 15) is 9.59 Å². The van der Waals surface area contributed by atoms with Gasteiger partial charge in [0, 0.05) is 16.6 Å². The summed E-state index contributed by atoms with van der Waals surface area (Å²) in [7, 11) is 1.32. The molecule has 0 radical (unpaired) electrons. The van der Waals surface area contributed by atoms with Crippen LogP contribution < -0.4 is 5.32 Å². The molecule has 0 bridgehead atoms. The Morgan fingerprint density at radius 2 is 1.88 bits per heavy atom. The van der Waals surface area contributed by atoms with Gasteiger partial charge in [0.15, 0.2) is 0 Å². The molecule has 0 aliphatic heterocycles. The summed E-state index contributed by atoms with van der Waals surface area (Å²) in [4.78, 5) is 30.2. The zero-order valence-corrected chi connectivity index (χ0v) is 14.4. The maximum atomic E-state index is 12.5. The van der Waals surface area contributed by atoms with Crippen LogP contribution in [0.25, 0.3) is 10.2 Å². The van der Waals surface area contributed by atoms with Crippen LogP contribution in [0.5, 0.6) is 0 Å². The molecule has 1 aromatic carbocycles. The van der Waals surface area contributed by atoms with Gasteiger partial charge in [0.1, 0.15) is 9.71 Å². The lowest BCUT2D eigenvalue weighted by molar-refractivity contribution is 0.0607. The Hall–Kier alpha value is -2.73. The van der Waals surface area contributed by atoms with Crippen molar-refractivity contribution in [1.29, 1.82) is 0 Å². The number of hydrogen-bond donors (Lipinski definition) is 1. The molecular formula is C18H16N2O3S. The average molecular weight is 340 g/mol. The highest BCUT2D eigenvalue weighted by molar-refractivity contribution is 7.21. The summed E-state index contributed by atoms with van der Waals surface area (Å²) < 4.78 is 4.86. The van der Waals surface area contributed by atoms with E-state index in [2.05, 4.69) is 10.3 Å². The van der Waals surface area contributed by atoms with Crippen molar-refractivity contribution in [2.75, 3.05) is 12.4 Å². The number of benzene rings is 1.